The average Bonchev–Trinajstić information content (AvgIpc) is 2.83. The number of nitrogens with zero attached hydrogens (tertiary/aromatic N) is 3. The van der Waals surface area contributed by atoms with Gasteiger partial charge >= 0.3 is 6.18 Å². The van der Waals surface area contributed by atoms with Gasteiger partial charge in [-0.2, -0.15) is 13.2 Å². The Kier molecular flexibility index (Phi) is 7.25. The second kappa shape index (κ2) is 10.3. The number of piperazine rings is 1. The molecule has 8 nitrogen and oxygen atoms in total. The highest BCUT2D eigenvalue weighted by Crippen LogP contribution is 2.34. The van der Waals surface area contributed by atoms with Crippen LogP contribution in [0.2, 0.25) is 0 Å². The molecule has 0 aromatic heterocycles. The summed E-state index contributed by atoms with van der Waals surface area (Å²) < 4.78 is 44.8. The summed E-state index contributed by atoms with van der Waals surface area (Å²) in [6.45, 7) is 1.70. The fraction of sp³-hybridized carbons (Fsp3) is 0.375. The smallest absolute Gasteiger partial charge is 0.418 e. The first-order valence-corrected chi connectivity index (χ1v) is 11.2. The molecule has 2 aromatic rings. The predicted octanol–water partition coefficient (Wildman–Crippen LogP) is 2.60. The number of rotatable bonds is 6. The van der Waals surface area contributed by atoms with E-state index >= 15 is 0 Å². The van der Waals surface area contributed by atoms with Gasteiger partial charge in [-0.1, -0.05) is 24.3 Å². The van der Waals surface area contributed by atoms with E-state index in [1.54, 1.807) is 32.9 Å². The van der Waals surface area contributed by atoms with Gasteiger partial charge in [0, 0.05) is 39.1 Å². The van der Waals surface area contributed by atoms with Crippen LogP contribution in [0.1, 0.15) is 12.0 Å². The van der Waals surface area contributed by atoms with Crippen LogP contribution in [0.25, 0.3) is 0 Å². The van der Waals surface area contributed by atoms with E-state index < -0.39 is 17.6 Å². The number of halogens is 3. The zero-order chi connectivity index (χ0) is 25.0. The van der Waals surface area contributed by atoms with Crippen molar-refractivity contribution in [3.63, 3.8) is 0 Å². The van der Waals surface area contributed by atoms with Gasteiger partial charge < -0.3 is 19.9 Å². The molecule has 0 atom stereocenters. The summed E-state index contributed by atoms with van der Waals surface area (Å²) in [6.07, 6.45) is -4.42. The summed E-state index contributed by atoms with van der Waals surface area (Å²) in [7, 11) is 0. The third-order valence-electron chi connectivity index (χ3n) is 5.96. The largest absolute Gasteiger partial charge is 0.482 e. The molecule has 0 aliphatic carbocycles. The molecule has 2 aliphatic rings. The number of fused-ring (bicyclic) bond motifs is 1. The highest BCUT2D eigenvalue weighted by molar-refractivity contribution is 5.98. The lowest BCUT2D eigenvalue weighted by Gasteiger charge is -2.35. The molecule has 0 bridgehead atoms. The first kappa shape index (κ1) is 24.5. The van der Waals surface area contributed by atoms with Gasteiger partial charge in [-0.05, 0) is 24.3 Å². The number of carbonyl (C=O) groups is 3. The molecule has 186 valence electrons. The lowest BCUT2D eigenvalue weighted by Crippen LogP contribution is -2.51. The van der Waals surface area contributed by atoms with Crippen molar-refractivity contribution in [1.29, 1.82) is 0 Å². The van der Waals surface area contributed by atoms with Crippen LogP contribution in [-0.2, 0) is 20.6 Å². The van der Waals surface area contributed by atoms with Crippen LogP contribution in [0.3, 0.4) is 0 Å². The Morgan fingerprint density at radius 2 is 1.66 bits per heavy atom. The van der Waals surface area contributed by atoms with Crippen molar-refractivity contribution in [1.82, 2.24) is 9.80 Å². The number of nitrogens with one attached hydrogen (secondary N) is 1. The fourth-order valence-corrected chi connectivity index (χ4v) is 4.15. The number of hydrogen-bond acceptors (Lipinski definition) is 5. The van der Waals surface area contributed by atoms with Crippen molar-refractivity contribution >= 4 is 29.1 Å². The van der Waals surface area contributed by atoms with Crippen molar-refractivity contribution < 1.29 is 32.3 Å². The number of alkyl halides is 3. The second-order valence-corrected chi connectivity index (χ2v) is 8.30. The quantitative estimate of drug-likeness (QED) is 0.673. The molecule has 3 amide bonds. The van der Waals surface area contributed by atoms with Gasteiger partial charge in [-0.3, -0.25) is 19.3 Å². The van der Waals surface area contributed by atoms with Crippen LogP contribution in [0.4, 0.5) is 24.5 Å². The number of hydrogen-bond donors (Lipinski definition) is 1. The minimum atomic E-state index is -4.57. The number of benzene rings is 2. The highest BCUT2D eigenvalue weighted by atomic mass is 19.4. The fourth-order valence-electron chi connectivity index (χ4n) is 4.15. The molecule has 2 heterocycles. The van der Waals surface area contributed by atoms with Crippen molar-refractivity contribution in [2.75, 3.05) is 56.1 Å². The molecule has 35 heavy (non-hydrogen) atoms. The van der Waals surface area contributed by atoms with Gasteiger partial charge in [-0.25, -0.2) is 0 Å². The summed E-state index contributed by atoms with van der Waals surface area (Å²) in [6, 6.07) is 12.0. The minimum Gasteiger partial charge on any atom is -0.482 e. The van der Waals surface area contributed by atoms with E-state index in [0.29, 0.717) is 37.6 Å². The summed E-state index contributed by atoms with van der Waals surface area (Å²) in [4.78, 5) is 42.3. The van der Waals surface area contributed by atoms with Gasteiger partial charge in [-0.15, -0.1) is 0 Å². The van der Waals surface area contributed by atoms with E-state index in [9.17, 15) is 27.6 Å². The van der Waals surface area contributed by atoms with Crippen molar-refractivity contribution in [2.45, 2.75) is 12.6 Å². The third-order valence-corrected chi connectivity index (χ3v) is 5.96. The molecule has 2 aromatic carbocycles. The number of ether oxygens (including phenoxy) is 1. The topological polar surface area (TPSA) is 82.2 Å². The van der Waals surface area contributed by atoms with E-state index in [0.717, 1.165) is 6.07 Å². The molecule has 2 aliphatic heterocycles. The van der Waals surface area contributed by atoms with Crippen LogP contribution in [0.15, 0.2) is 48.5 Å². The first-order valence-electron chi connectivity index (χ1n) is 11.2. The molecular formula is C24H25F3N4O4. The lowest BCUT2D eigenvalue weighted by atomic mass is 10.1. The van der Waals surface area contributed by atoms with Crippen LogP contribution >= 0.6 is 0 Å². The number of para-hydroxylation sites is 3. The molecule has 1 fully saturated rings. The summed E-state index contributed by atoms with van der Waals surface area (Å²) >= 11 is 0. The Bertz CT molecular complexity index is 1100. The van der Waals surface area contributed by atoms with E-state index in [1.165, 1.54) is 18.2 Å². The maximum atomic E-state index is 13.1. The van der Waals surface area contributed by atoms with Crippen molar-refractivity contribution in [3.8, 4) is 5.75 Å². The molecule has 11 heteroatoms. The monoisotopic (exact) mass is 490 g/mol. The van der Waals surface area contributed by atoms with Gasteiger partial charge in [0.2, 0.25) is 11.8 Å². The molecule has 1 saturated heterocycles. The standard InChI is InChI=1S/C24H25F3N4O4/c25-24(26,27)17-5-1-2-6-18(17)28-21(32)15-29-11-13-30(14-12-29)22(33)9-10-31-19-7-3-4-8-20(19)35-16-23(31)34/h1-8H,9-16H2,(H,28,32). The minimum absolute atomic E-state index is 0.0701. The van der Waals surface area contributed by atoms with Crippen molar-refractivity contribution in [2.24, 2.45) is 0 Å². The highest BCUT2D eigenvalue weighted by Gasteiger charge is 2.34. The molecular weight excluding hydrogens is 465 g/mol. The zero-order valence-corrected chi connectivity index (χ0v) is 18.9. The Morgan fingerprint density at radius 1 is 0.971 bits per heavy atom. The number of carbonyl (C=O) groups excluding carboxylic acids is 3. The van der Waals surface area contributed by atoms with Crippen LogP contribution in [0, 0.1) is 0 Å². The SMILES string of the molecule is O=C(CN1CCN(C(=O)CCN2C(=O)COc3ccccc32)CC1)Nc1ccccc1C(F)(F)F. The van der Waals surface area contributed by atoms with Crippen molar-refractivity contribution in [3.05, 3.63) is 54.1 Å². The lowest BCUT2D eigenvalue weighted by molar-refractivity contribution is -0.137. The summed E-state index contributed by atoms with van der Waals surface area (Å²) in [5.74, 6) is -0.264. The normalized spacial score (nSPS) is 16.5. The Balaban J connectivity index is 1.25. The first-order chi connectivity index (χ1) is 16.7. The second-order valence-electron chi connectivity index (χ2n) is 8.30. The van der Waals surface area contributed by atoms with E-state index in [-0.39, 0.29) is 43.6 Å². The third kappa shape index (κ3) is 5.91. The number of anilines is 2. The average molecular weight is 490 g/mol. The zero-order valence-electron chi connectivity index (χ0n) is 18.9. The van der Waals surface area contributed by atoms with E-state index in [4.69, 9.17) is 4.74 Å². The molecule has 0 unspecified atom stereocenters. The molecule has 1 N–H and O–H groups in total. The van der Waals surface area contributed by atoms with E-state index in [2.05, 4.69) is 5.32 Å². The summed E-state index contributed by atoms with van der Waals surface area (Å²) in [5, 5.41) is 2.34. The van der Waals surface area contributed by atoms with Crippen LogP contribution in [0.5, 0.6) is 5.75 Å². The summed E-state index contributed by atoms with van der Waals surface area (Å²) in [5.41, 5.74) is -0.539. The van der Waals surface area contributed by atoms with Gasteiger partial charge in [0.1, 0.15) is 5.75 Å². The molecule has 0 saturated carbocycles. The van der Waals surface area contributed by atoms with Gasteiger partial charge in [0.15, 0.2) is 6.61 Å². The van der Waals surface area contributed by atoms with Crippen LogP contribution in [-0.4, -0.2) is 73.4 Å². The predicted molar refractivity (Wildman–Crippen MR) is 122 cm³/mol. The molecule has 0 spiro atoms. The maximum absolute atomic E-state index is 13.1. The molecule has 0 radical (unpaired) electrons. The Morgan fingerprint density at radius 3 is 2.40 bits per heavy atom. The Labute approximate surface area is 200 Å². The van der Waals surface area contributed by atoms with Gasteiger partial charge in [0.05, 0.1) is 23.5 Å². The van der Waals surface area contributed by atoms with E-state index in [1.807, 2.05) is 6.07 Å². The Hall–Kier alpha value is -3.60. The van der Waals surface area contributed by atoms with Gasteiger partial charge in [0.25, 0.3) is 5.91 Å². The van der Waals surface area contributed by atoms with Crippen LogP contribution < -0.4 is 15.0 Å². The number of amides is 3. The molecule has 4 rings (SSSR count). The maximum Gasteiger partial charge on any atom is 0.418 e.